The van der Waals surface area contributed by atoms with Crippen LogP contribution in [0.2, 0.25) is 0 Å². The fraction of sp³-hybridized carbons (Fsp3) is 0.500. The van der Waals surface area contributed by atoms with Gasteiger partial charge >= 0.3 is 0 Å². The van der Waals surface area contributed by atoms with Gasteiger partial charge in [-0.2, -0.15) is 0 Å². The monoisotopic (exact) mass is 326 g/mol. The molecule has 0 aliphatic carbocycles. The van der Waals surface area contributed by atoms with Crippen LogP contribution in [0.1, 0.15) is 31.9 Å². The van der Waals surface area contributed by atoms with Crippen LogP contribution in [0.15, 0.2) is 22.7 Å². The van der Waals surface area contributed by atoms with Crippen LogP contribution in [0.4, 0.5) is 5.69 Å². The van der Waals surface area contributed by atoms with E-state index in [1.165, 1.54) is 0 Å². The zero-order chi connectivity index (χ0) is 14.0. The molecule has 0 saturated carbocycles. The quantitative estimate of drug-likeness (QED) is 0.895. The maximum absolute atomic E-state index is 11.1. The molecule has 0 spiro atoms. The van der Waals surface area contributed by atoms with E-state index in [1.807, 2.05) is 18.2 Å². The van der Waals surface area contributed by atoms with Crippen LogP contribution < -0.4 is 10.2 Å². The number of carbonyl (C=O) groups is 1. The molecule has 4 nitrogen and oxygen atoms in total. The maximum Gasteiger partial charge on any atom is 0.217 e. The summed E-state index contributed by atoms with van der Waals surface area (Å²) in [6.07, 6.45) is 0.490. The second-order valence-corrected chi connectivity index (χ2v) is 5.87. The molecule has 1 saturated heterocycles. The van der Waals surface area contributed by atoms with Crippen molar-refractivity contribution in [2.24, 2.45) is 0 Å². The van der Waals surface area contributed by atoms with Crippen molar-refractivity contribution >= 4 is 27.5 Å². The van der Waals surface area contributed by atoms with Crippen LogP contribution >= 0.6 is 15.9 Å². The summed E-state index contributed by atoms with van der Waals surface area (Å²) >= 11 is 3.49. The van der Waals surface area contributed by atoms with E-state index in [0.29, 0.717) is 0 Å². The van der Waals surface area contributed by atoms with Gasteiger partial charge in [-0.15, -0.1) is 0 Å². The van der Waals surface area contributed by atoms with Crippen molar-refractivity contribution in [2.45, 2.75) is 32.4 Å². The predicted molar refractivity (Wildman–Crippen MR) is 79.2 cm³/mol. The molecular weight excluding hydrogens is 308 g/mol. The first-order valence-corrected chi connectivity index (χ1v) is 7.26. The minimum absolute atomic E-state index is 0.0254. The van der Waals surface area contributed by atoms with Gasteiger partial charge in [-0.3, -0.25) is 4.79 Å². The van der Waals surface area contributed by atoms with Crippen LogP contribution in [0.25, 0.3) is 0 Å². The molecule has 1 aromatic carbocycles. The van der Waals surface area contributed by atoms with Crippen LogP contribution in [0.3, 0.4) is 0 Å². The van der Waals surface area contributed by atoms with Gasteiger partial charge in [-0.05, 0) is 31.0 Å². The normalized spacial score (nSPS) is 20.4. The van der Waals surface area contributed by atoms with Gasteiger partial charge in [0.1, 0.15) is 0 Å². The van der Waals surface area contributed by atoms with Crippen molar-refractivity contribution in [3.8, 4) is 0 Å². The molecule has 0 radical (unpaired) electrons. The molecule has 1 amide bonds. The number of anilines is 1. The lowest BCUT2D eigenvalue weighted by Crippen LogP contribution is -2.35. The Morgan fingerprint density at radius 1 is 1.58 bits per heavy atom. The van der Waals surface area contributed by atoms with Crippen LogP contribution in [-0.4, -0.2) is 30.1 Å². The third kappa shape index (κ3) is 3.48. The number of aliphatic hydroxyl groups excluding tert-OH is 1. The molecule has 1 fully saturated rings. The lowest BCUT2D eigenvalue weighted by Gasteiger charge is -2.20. The van der Waals surface area contributed by atoms with Gasteiger partial charge in [0.2, 0.25) is 5.91 Å². The molecule has 0 bridgehead atoms. The predicted octanol–water partition coefficient (Wildman–Crippen LogP) is 2.22. The van der Waals surface area contributed by atoms with E-state index >= 15 is 0 Å². The number of nitrogens with zero attached hydrogens (tertiary/aromatic N) is 1. The number of amides is 1. The van der Waals surface area contributed by atoms with Crippen molar-refractivity contribution in [1.29, 1.82) is 0 Å². The summed E-state index contributed by atoms with van der Waals surface area (Å²) in [5.74, 6) is 0.0254. The highest BCUT2D eigenvalue weighted by Gasteiger charge is 2.23. The molecule has 1 unspecified atom stereocenters. The Hall–Kier alpha value is -1.07. The number of hydrogen-bond donors (Lipinski definition) is 2. The van der Waals surface area contributed by atoms with Crippen molar-refractivity contribution in [1.82, 2.24) is 5.32 Å². The summed E-state index contributed by atoms with van der Waals surface area (Å²) in [5.41, 5.74) is 2.01. The Balaban J connectivity index is 2.07. The van der Waals surface area contributed by atoms with E-state index in [9.17, 15) is 9.90 Å². The highest BCUT2D eigenvalue weighted by Crippen LogP contribution is 2.29. The summed E-state index contributed by atoms with van der Waals surface area (Å²) < 4.78 is 0.919. The molecule has 5 heteroatoms. The first-order chi connectivity index (χ1) is 8.97. The summed E-state index contributed by atoms with van der Waals surface area (Å²) in [4.78, 5) is 13.3. The topological polar surface area (TPSA) is 52.6 Å². The molecule has 1 aliphatic rings. The van der Waals surface area contributed by atoms with Crippen molar-refractivity contribution in [3.05, 3.63) is 28.2 Å². The van der Waals surface area contributed by atoms with Gasteiger partial charge in [0.25, 0.3) is 0 Å². The molecule has 2 N–H and O–H groups in total. The molecule has 1 heterocycles. The van der Waals surface area contributed by atoms with E-state index in [4.69, 9.17) is 0 Å². The van der Waals surface area contributed by atoms with Crippen molar-refractivity contribution < 1.29 is 9.90 Å². The van der Waals surface area contributed by atoms with Gasteiger partial charge < -0.3 is 15.3 Å². The van der Waals surface area contributed by atoms with Gasteiger partial charge in [0.15, 0.2) is 0 Å². The van der Waals surface area contributed by atoms with Crippen LogP contribution in [0, 0.1) is 0 Å². The fourth-order valence-electron chi connectivity index (χ4n) is 2.45. The maximum atomic E-state index is 11.1. The third-order valence-corrected chi connectivity index (χ3v) is 4.08. The summed E-state index contributed by atoms with van der Waals surface area (Å²) in [5, 5.41) is 12.6. The fourth-order valence-corrected chi connectivity index (χ4v) is 3.15. The van der Waals surface area contributed by atoms with E-state index in [2.05, 4.69) is 26.1 Å². The Labute approximate surface area is 121 Å². The molecule has 19 heavy (non-hydrogen) atoms. The highest BCUT2D eigenvalue weighted by molar-refractivity contribution is 9.10. The lowest BCUT2D eigenvalue weighted by atomic mass is 10.1. The molecule has 0 aromatic heterocycles. The zero-order valence-electron chi connectivity index (χ0n) is 11.2. The standard InChI is InChI=1S/C14H19BrN2O2/c1-9(18)13-4-3-12(7-14(13)15)17-6-5-11(8-17)16-10(2)19/h3-4,7,9,11,18H,5-6,8H2,1-2H3,(H,16,19)/t9-,11?/m0/s1. The molecule has 104 valence electrons. The van der Waals surface area contributed by atoms with Gasteiger partial charge in [-0.25, -0.2) is 0 Å². The second-order valence-electron chi connectivity index (χ2n) is 5.01. The van der Waals surface area contributed by atoms with Crippen LogP contribution in [0.5, 0.6) is 0 Å². The van der Waals surface area contributed by atoms with E-state index in [-0.39, 0.29) is 11.9 Å². The van der Waals surface area contributed by atoms with E-state index in [1.54, 1.807) is 13.8 Å². The number of benzene rings is 1. The number of nitrogens with one attached hydrogen (secondary N) is 1. The number of aliphatic hydroxyl groups is 1. The summed E-state index contributed by atoms with van der Waals surface area (Å²) in [6, 6.07) is 6.21. The zero-order valence-corrected chi connectivity index (χ0v) is 12.8. The molecule has 2 rings (SSSR count). The first kappa shape index (κ1) is 14.3. The van der Waals surface area contributed by atoms with Gasteiger partial charge in [0, 0.05) is 36.2 Å². The molecular formula is C14H19BrN2O2. The summed E-state index contributed by atoms with van der Waals surface area (Å²) in [6.45, 7) is 5.07. The lowest BCUT2D eigenvalue weighted by molar-refractivity contribution is -0.119. The smallest absolute Gasteiger partial charge is 0.217 e. The number of carbonyl (C=O) groups excluding carboxylic acids is 1. The minimum Gasteiger partial charge on any atom is -0.389 e. The largest absolute Gasteiger partial charge is 0.389 e. The highest BCUT2D eigenvalue weighted by atomic mass is 79.9. The number of rotatable bonds is 3. The Kier molecular flexibility index (Phi) is 4.47. The van der Waals surface area contributed by atoms with E-state index in [0.717, 1.165) is 35.2 Å². The molecule has 1 aromatic rings. The second kappa shape index (κ2) is 5.92. The third-order valence-electron chi connectivity index (χ3n) is 3.39. The molecule has 2 atom stereocenters. The van der Waals surface area contributed by atoms with Crippen LogP contribution in [-0.2, 0) is 4.79 Å². The Bertz CT molecular complexity index is 477. The van der Waals surface area contributed by atoms with Gasteiger partial charge in [0.05, 0.1) is 6.10 Å². The SMILES string of the molecule is CC(=O)NC1CCN(c2ccc([C@H](C)O)c(Br)c2)C1. The first-order valence-electron chi connectivity index (χ1n) is 6.47. The number of hydrogen-bond acceptors (Lipinski definition) is 3. The van der Waals surface area contributed by atoms with E-state index < -0.39 is 6.10 Å². The Morgan fingerprint density at radius 3 is 2.89 bits per heavy atom. The number of halogens is 1. The average Bonchev–Trinajstić information content (AvgIpc) is 2.75. The minimum atomic E-state index is -0.478. The average molecular weight is 327 g/mol. The van der Waals surface area contributed by atoms with Crippen molar-refractivity contribution in [2.75, 3.05) is 18.0 Å². The van der Waals surface area contributed by atoms with Crippen molar-refractivity contribution in [3.63, 3.8) is 0 Å². The molecule has 1 aliphatic heterocycles. The van der Waals surface area contributed by atoms with Gasteiger partial charge in [-0.1, -0.05) is 22.0 Å². The Morgan fingerprint density at radius 2 is 2.32 bits per heavy atom. The summed E-state index contributed by atoms with van der Waals surface area (Å²) in [7, 11) is 0.